The van der Waals surface area contributed by atoms with E-state index in [9.17, 15) is 5.11 Å². The van der Waals surface area contributed by atoms with E-state index in [1.807, 2.05) is 31.2 Å². The molecule has 21 heavy (non-hydrogen) atoms. The van der Waals surface area contributed by atoms with E-state index in [1.165, 1.54) is 11.3 Å². The van der Waals surface area contributed by atoms with Gasteiger partial charge in [0, 0.05) is 17.8 Å². The number of nitrogens with one attached hydrogen (secondary N) is 1. The molecule has 3 N–H and O–H groups in total. The van der Waals surface area contributed by atoms with E-state index in [2.05, 4.69) is 20.6 Å². The molecular formula is C13H15N5O2S. The van der Waals surface area contributed by atoms with Gasteiger partial charge in [-0.15, -0.1) is 10.2 Å². The van der Waals surface area contributed by atoms with Crippen LogP contribution in [0, 0.1) is 6.92 Å². The van der Waals surface area contributed by atoms with Crippen molar-refractivity contribution in [1.29, 1.82) is 0 Å². The maximum atomic E-state index is 9.36. The minimum absolute atomic E-state index is 0.261. The van der Waals surface area contributed by atoms with Crippen molar-refractivity contribution in [3.8, 4) is 10.6 Å². The number of anilines is 1. The van der Waals surface area contributed by atoms with Gasteiger partial charge in [-0.05, 0) is 19.1 Å². The van der Waals surface area contributed by atoms with E-state index in [0.29, 0.717) is 6.54 Å². The third-order valence-electron chi connectivity index (χ3n) is 3.01. The largest absolute Gasteiger partial charge is 0.394 e. The van der Waals surface area contributed by atoms with Gasteiger partial charge in [0.15, 0.2) is 5.82 Å². The summed E-state index contributed by atoms with van der Waals surface area (Å²) in [6, 6.07) is 7.73. The SMILES string of the molecule is Cc1nnc2sc(-c3cccc(NCC(O)CO)c3)nn12. The second-order valence-electron chi connectivity index (χ2n) is 4.65. The van der Waals surface area contributed by atoms with Crippen molar-refractivity contribution >= 4 is 22.0 Å². The van der Waals surface area contributed by atoms with Crippen molar-refractivity contribution in [2.45, 2.75) is 13.0 Å². The summed E-state index contributed by atoms with van der Waals surface area (Å²) in [5, 5.41) is 34.6. The summed E-state index contributed by atoms with van der Waals surface area (Å²) in [5.74, 6) is 0.757. The van der Waals surface area contributed by atoms with Crippen molar-refractivity contribution in [2.75, 3.05) is 18.5 Å². The van der Waals surface area contributed by atoms with E-state index in [0.717, 1.165) is 27.0 Å². The minimum Gasteiger partial charge on any atom is -0.394 e. The Labute approximate surface area is 124 Å². The van der Waals surface area contributed by atoms with E-state index in [-0.39, 0.29) is 6.61 Å². The van der Waals surface area contributed by atoms with Crippen molar-refractivity contribution in [3.63, 3.8) is 0 Å². The lowest BCUT2D eigenvalue weighted by molar-refractivity contribution is 0.105. The van der Waals surface area contributed by atoms with Gasteiger partial charge in [0.25, 0.3) is 0 Å². The molecule has 2 heterocycles. The fourth-order valence-electron chi connectivity index (χ4n) is 1.89. The standard InChI is InChI=1S/C13H15N5O2S/c1-8-15-16-13-18(8)17-12(21-13)9-3-2-4-10(5-9)14-6-11(20)7-19/h2-5,11,14,19-20H,6-7H2,1H3. The Morgan fingerprint density at radius 1 is 1.38 bits per heavy atom. The fraction of sp³-hybridized carbons (Fsp3) is 0.308. The number of aliphatic hydroxyl groups excluding tert-OH is 2. The quantitative estimate of drug-likeness (QED) is 0.649. The maximum Gasteiger partial charge on any atom is 0.234 e. The van der Waals surface area contributed by atoms with Gasteiger partial charge in [-0.2, -0.15) is 9.61 Å². The highest BCUT2D eigenvalue weighted by molar-refractivity contribution is 7.19. The molecule has 1 unspecified atom stereocenters. The van der Waals surface area contributed by atoms with Crippen LogP contribution in [0.1, 0.15) is 5.82 Å². The Bertz CT molecular complexity index is 754. The third-order valence-corrected chi connectivity index (χ3v) is 3.96. The van der Waals surface area contributed by atoms with Crippen molar-refractivity contribution in [1.82, 2.24) is 19.8 Å². The van der Waals surface area contributed by atoms with Crippen LogP contribution in [0.15, 0.2) is 24.3 Å². The number of rotatable bonds is 5. The van der Waals surface area contributed by atoms with Gasteiger partial charge in [0.05, 0.1) is 12.7 Å². The number of nitrogens with zero attached hydrogens (tertiary/aromatic N) is 4. The van der Waals surface area contributed by atoms with Crippen LogP contribution in [0.25, 0.3) is 15.5 Å². The number of benzene rings is 1. The first-order chi connectivity index (χ1) is 10.2. The molecule has 0 bridgehead atoms. The summed E-state index contributed by atoms with van der Waals surface area (Å²) in [5.41, 5.74) is 1.83. The number of hydrogen-bond donors (Lipinski definition) is 3. The number of aliphatic hydroxyl groups is 2. The molecule has 0 saturated carbocycles. The van der Waals surface area contributed by atoms with Crippen LogP contribution < -0.4 is 5.32 Å². The lowest BCUT2D eigenvalue weighted by Crippen LogP contribution is -2.22. The Morgan fingerprint density at radius 2 is 2.24 bits per heavy atom. The van der Waals surface area contributed by atoms with Gasteiger partial charge >= 0.3 is 0 Å². The summed E-state index contributed by atoms with van der Waals surface area (Å²) in [7, 11) is 0. The summed E-state index contributed by atoms with van der Waals surface area (Å²) < 4.78 is 1.72. The predicted molar refractivity (Wildman–Crippen MR) is 80.4 cm³/mol. The van der Waals surface area contributed by atoms with Gasteiger partial charge < -0.3 is 15.5 Å². The summed E-state index contributed by atoms with van der Waals surface area (Å²) in [6.07, 6.45) is -0.773. The van der Waals surface area contributed by atoms with E-state index in [4.69, 9.17) is 5.11 Å². The van der Waals surface area contributed by atoms with Crippen molar-refractivity contribution < 1.29 is 10.2 Å². The molecule has 2 aromatic heterocycles. The third kappa shape index (κ3) is 2.87. The molecule has 8 heteroatoms. The highest BCUT2D eigenvalue weighted by Gasteiger charge is 2.11. The first-order valence-corrected chi connectivity index (χ1v) is 7.31. The first-order valence-electron chi connectivity index (χ1n) is 6.49. The summed E-state index contributed by atoms with van der Waals surface area (Å²) in [6.45, 7) is 1.89. The van der Waals surface area contributed by atoms with Crippen LogP contribution in [-0.4, -0.2) is 49.3 Å². The van der Waals surface area contributed by atoms with Gasteiger partial charge in [-0.1, -0.05) is 23.5 Å². The second kappa shape index (κ2) is 5.76. The highest BCUT2D eigenvalue weighted by atomic mass is 32.1. The molecule has 0 amide bonds. The van der Waals surface area contributed by atoms with Crippen LogP contribution in [0.2, 0.25) is 0 Å². The predicted octanol–water partition coefficient (Wildman–Crippen LogP) is 0.926. The number of fused-ring (bicyclic) bond motifs is 1. The molecule has 0 fully saturated rings. The van der Waals surface area contributed by atoms with Crippen LogP contribution in [0.3, 0.4) is 0 Å². The van der Waals surface area contributed by atoms with Crippen LogP contribution >= 0.6 is 11.3 Å². The Kier molecular flexibility index (Phi) is 3.82. The molecule has 0 aliphatic rings. The smallest absolute Gasteiger partial charge is 0.234 e. The van der Waals surface area contributed by atoms with Crippen LogP contribution in [-0.2, 0) is 0 Å². The lowest BCUT2D eigenvalue weighted by Gasteiger charge is -2.10. The molecule has 0 spiro atoms. The topological polar surface area (TPSA) is 95.6 Å². The van der Waals surface area contributed by atoms with Crippen molar-refractivity contribution in [3.05, 3.63) is 30.1 Å². The van der Waals surface area contributed by atoms with E-state index < -0.39 is 6.10 Å². The van der Waals surface area contributed by atoms with Crippen LogP contribution in [0.5, 0.6) is 0 Å². The molecule has 0 radical (unpaired) electrons. The lowest BCUT2D eigenvalue weighted by atomic mass is 10.2. The number of aryl methyl sites for hydroxylation is 1. The zero-order chi connectivity index (χ0) is 14.8. The fourth-order valence-corrected chi connectivity index (χ4v) is 2.78. The Hall–Kier alpha value is -2.03. The average Bonchev–Trinajstić information content (AvgIpc) is 3.08. The van der Waals surface area contributed by atoms with Gasteiger partial charge in [-0.3, -0.25) is 0 Å². The minimum atomic E-state index is -0.773. The van der Waals surface area contributed by atoms with Crippen LogP contribution in [0.4, 0.5) is 5.69 Å². The monoisotopic (exact) mass is 305 g/mol. The average molecular weight is 305 g/mol. The molecule has 3 rings (SSSR count). The van der Waals surface area contributed by atoms with E-state index in [1.54, 1.807) is 4.52 Å². The summed E-state index contributed by atoms with van der Waals surface area (Å²) in [4.78, 5) is 0.761. The molecule has 0 saturated heterocycles. The Balaban J connectivity index is 1.84. The van der Waals surface area contributed by atoms with Gasteiger partial charge in [-0.25, -0.2) is 0 Å². The molecular weight excluding hydrogens is 290 g/mol. The first kappa shape index (κ1) is 13.9. The zero-order valence-electron chi connectivity index (χ0n) is 11.4. The summed E-state index contributed by atoms with van der Waals surface area (Å²) >= 11 is 1.47. The highest BCUT2D eigenvalue weighted by Crippen LogP contribution is 2.27. The molecule has 1 atom stereocenters. The second-order valence-corrected chi connectivity index (χ2v) is 5.60. The normalized spacial score (nSPS) is 12.7. The number of aromatic nitrogens is 4. The maximum absolute atomic E-state index is 9.36. The molecule has 1 aromatic carbocycles. The molecule has 0 aliphatic carbocycles. The molecule has 7 nitrogen and oxygen atoms in total. The molecule has 110 valence electrons. The molecule has 3 aromatic rings. The van der Waals surface area contributed by atoms with E-state index >= 15 is 0 Å². The number of hydrogen-bond acceptors (Lipinski definition) is 7. The van der Waals surface area contributed by atoms with Gasteiger partial charge in [0.1, 0.15) is 5.01 Å². The van der Waals surface area contributed by atoms with Crippen molar-refractivity contribution in [2.24, 2.45) is 0 Å². The Morgan fingerprint density at radius 3 is 3.00 bits per heavy atom. The molecule has 0 aliphatic heterocycles. The van der Waals surface area contributed by atoms with Gasteiger partial charge in [0.2, 0.25) is 4.96 Å². The zero-order valence-corrected chi connectivity index (χ0v) is 12.2.